The van der Waals surface area contributed by atoms with Gasteiger partial charge in [-0.1, -0.05) is 56.7 Å². The van der Waals surface area contributed by atoms with Gasteiger partial charge in [-0.25, -0.2) is 8.42 Å². The molecule has 46 heavy (non-hydrogen) atoms. The Morgan fingerprint density at radius 3 is 2.50 bits per heavy atom. The third kappa shape index (κ3) is 7.69. The van der Waals surface area contributed by atoms with E-state index in [-0.39, 0.29) is 16.2 Å². The summed E-state index contributed by atoms with van der Waals surface area (Å²) < 4.78 is 43.3. The molecule has 9 nitrogen and oxygen atoms in total. The Morgan fingerprint density at radius 1 is 1.02 bits per heavy atom. The Balaban J connectivity index is 1.58. The fourth-order valence-electron chi connectivity index (χ4n) is 6.51. The van der Waals surface area contributed by atoms with Gasteiger partial charge in [-0.2, -0.15) is 4.58 Å². The molecule has 0 radical (unpaired) electrons. The van der Waals surface area contributed by atoms with Crippen LogP contribution in [0, 0.1) is 0 Å². The first-order chi connectivity index (χ1) is 21.8. The summed E-state index contributed by atoms with van der Waals surface area (Å²) in [5, 5.41) is 2.80. The first kappa shape index (κ1) is 35.3. The fraction of sp³-hybridized carbons (Fsp3) is 0.444. The summed E-state index contributed by atoms with van der Waals surface area (Å²) >= 11 is 0. The molecular formula is C36H48N4O5S. The number of amides is 1. The van der Waals surface area contributed by atoms with Gasteiger partial charge in [-0.05, 0) is 56.5 Å². The molecule has 0 atom stereocenters. The van der Waals surface area contributed by atoms with E-state index in [2.05, 4.69) is 71.1 Å². The molecule has 10 heteroatoms. The van der Waals surface area contributed by atoms with Crippen molar-refractivity contribution in [1.82, 2.24) is 5.32 Å². The molecule has 0 aliphatic carbocycles. The van der Waals surface area contributed by atoms with Crippen molar-refractivity contribution < 1.29 is 27.1 Å². The lowest BCUT2D eigenvalue weighted by Crippen LogP contribution is -2.29. The van der Waals surface area contributed by atoms with Gasteiger partial charge >= 0.3 is 0 Å². The molecule has 0 aromatic heterocycles. The second kappa shape index (κ2) is 14.9. The number of unbranched alkanes of at least 4 members (excludes halogenated alkanes) is 2. The van der Waals surface area contributed by atoms with Crippen LogP contribution in [0.25, 0.3) is 0 Å². The second-order valence-corrected chi connectivity index (χ2v) is 14.2. The van der Waals surface area contributed by atoms with Gasteiger partial charge in [0.25, 0.3) is 0 Å². The van der Waals surface area contributed by atoms with Crippen LogP contribution in [0.5, 0.6) is 0 Å². The second-order valence-electron chi connectivity index (χ2n) is 12.8. The molecule has 3 N–H and O–H groups in total. The standard InChI is InChI=1S/C36H48N4O5S/c1-35(2)28-14-11-12-15-30(28)40(24-25-45-5)32(35)16-8-6-9-17-33-36(3,4)29-26-27(46(42,43)44)19-20-31(29)39(33)23-13-7-10-18-34(41)38-22-21-37/h6,8-9,11-12,14-17,19-20,26H,7,10,13,18,21-25,37H2,1-5H3,(H-,38,41,42,43,44). The molecule has 1 amide bonds. The maximum Gasteiger partial charge on any atom is 0.220 e. The summed E-state index contributed by atoms with van der Waals surface area (Å²) in [7, 11) is -2.88. The average molecular weight is 649 g/mol. The number of nitrogens with two attached hydrogens (primary N) is 1. The van der Waals surface area contributed by atoms with Gasteiger partial charge in [0, 0.05) is 67.7 Å². The first-order valence-electron chi connectivity index (χ1n) is 16.0. The Morgan fingerprint density at radius 2 is 1.78 bits per heavy atom. The minimum Gasteiger partial charge on any atom is -0.744 e. The lowest BCUT2D eigenvalue weighted by molar-refractivity contribution is -0.441. The molecule has 2 aliphatic heterocycles. The normalized spacial score (nSPS) is 17.8. The summed E-state index contributed by atoms with van der Waals surface area (Å²) in [6.45, 7) is 11.5. The molecule has 0 unspecified atom stereocenters. The molecule has 2 aliphatic rings. The number of hydrogen-bond donors (Lipinski definition) is 2. The van der Waals surface area contributed by atoms with E-state index in [0.29, 0.717) is 32.7 Å². The summed E-state index contributed by atoms with van der Waals surface area (Å²) in [5.41, 5.74) is 11.2. The monoisotopic (exact) mass is 648 g/mol. The van der Waals surface area contributed by atoms with Crippen molar-refractivity contribution in [3.63, 3.8) is 0 Å². The Labute approximate surface area is 274 Å². The summed E-state index contributed by atoms with van der Waals surface area (Å²) in [6, 6.07) is 13.1. The number of rotatable bonds is 15. The number of nitrogens with one attached hydrogen (secondary N) is 1. The highest BCUT2D eigenvalue weighted by Gasteiger charge is 2.44. The molecule has 0 spiro atoms. The maximum absolute atomic E-state index is 12.0. The average Bonchev–Trinajstić information content (AvgIpc) is 3.36. The SMILES string of the molecule is COCC[N+]1=C(/C=C/C=C/C=C2/N(CCCCCC(=O)NCCN)c3ccc(S(=O)(=O)[O-])cc3C2(C)C)C(C)(C)c2ccccc21. The number of carbonyl (C=O) groups excluding carboxylic acids is 1. The van der Waals surface area contributed by atoms with Gasteiger partial charge in [-0.3, -0.25) is 4.79 Å². The molecule has 2 aromatic rings. The Kier molecular flexibility index (Phi) is 11.4. The van der Waals surface area contributed by atoms with Crippen LogP contribution in [0.2, 0.25) is 0 Å². The van der Waals surface area contributed by atoms with Crippen molar-refractivity contribution in [2.45, 2.75) is 69.1 Å². The largest absolute Gasteiger partial charge is 0.744 e. The zero-order chi connectivity index (χ0) is 33.5. The highest BCUT2D eigenvalue weighted by Crippen LogP contribution is 2.48. The number of ether oxygens (including phenoxy) is 1. The lowest BCUT2D eigenvalue weighted by Gasteiger charge is -2.27. The van der Waals surface area contributed by atoms with Crippen molar-refractivity contribution in [3.05, 3.63) is 89.7 Å². The smallest absolute Gasteiger partial charge is 0.220 e. The first-order valence-corrected chi connectivity index (χ1v) is 17.4. The van der Waals surface area contributed by atoms with E-state index in [1.807, 2.05) is 26.0 Å². The number of fused-ring (bicyclic) bond motifs is 2. The molecule has 0 saturated heterocycles. The molecule has 0 fully saturated rings. The molecule has 2 heterocycles. The minimum atomic E-state index is -4.59. The van der Waals surface area contributed by atoms with Crippen molar-refractivity contribution in [2.24, 2.45) is 5.73 Å². The lowest BCUT2D eigenvalue weighted by atomic mass is 9.81. The molecule has 0 bridgehead atoms. The molecule has 248 valence electrons. The van der Waals surface area contributed by atoms with Gasteiger partial charge in [0.2, 0.25) is 11.6 Å². The molecule has 4 rings (SSSR count). The van der Waals surface area contributed by atoms with E-state index in [0.717, 1.165) is 42.8 Å². The molecular weight excluding hydrogens is 600 g/mol. The number of benzene rings is 2. The van der Waals surface area contributed by atoms with E-state index in [1.165, 1.54) is 29.1 Å². The van der Waals surface area contributed by atoms with E-state index in [1.54, 1.807) is 13.2 Å². The van der Waals surface area contributed by atoms with E-state index in [9.17, 15) is 17.8 Å². The van der Waals surface area contributed by atoms with Crippen LogP contribution in [0.15, 0.2) is 83.4 Å². The molecule has 2 aromatic carbocycles. The number of carbonyl (C=O) groups is 1. The predicted molar refractivity (Wildman–Crippen MR) is 183 cm³/mol. The van der Waals surface area contributed by atoms with Crippen LogP contribution in [0.3, 0.4) is 0 Å². The van der Waals surface area contributed by atoms with Gasteiger partial charge in [0.05, 0.1) is 10.3 Å². The van der Waals surface area contributed by atoms with Crippen LogP contribution in [-0.2, 0) is 30.5 Å². The number of hydrogen-bond acceptors (Lipinski definition) is 7. The fourth-order valence-corrected chi connectivity index (χ4v) is 7.00. The quantitative estimate of drug-likeness (QED) is 0.120. The Hall–Kier alpha value is -3.57. The van der Waals surface area contributed by atoms with Crippen molar-refractivity contribution in [3.8, 4) is 0 Å². The Bertz CT molecular complexity index is 1650. The number of allylic oxidation sites excluding steroid dienone is 6. The van der Waals surface area contributed by atoms with Crippen LogP contribution in [-0.4, -0.2) is 69.1 Å². The number of methoxy groups -OCH3 is 1. The number of para-hydroxylation sites is 1. The van der Waals surface area contributed by atoms with Gasteiger partial charge in [0.15, 0.2) is 12.3 Å². The third-order valence-electron chi connectivity index (χ3n) is 8.95. The maximum atomic E-state index is 12.0. The van der Waals surface area contributed by atoms with Crippen molar-refractivity contribution in [2.75, 3.05) is 44.8 Å². The van der Waals surface area contributed by atoms with E-state index >= 15 is 0 Å². The van der Waals surface area contributed by atoms with Gasteiger partial charge in [0.1, 0.15) is 16.7 Å². The zero-order valence-corrected chi connectivity index (χ0v) is 28.5. The highest BCUT2D eigenvalue weighted by atomic mass is 32.2. The van der Waals surface area contributed by atoms with Crippen LogP contribution in [0.1, 0.15) is 64.5 Å². The highest BCUT2D eigenvalue weighted by molar-refractivity contribution is 7.85. The topological polar surface area (TPSA) is 128 Å². The van der Waals surface area contributed by atoms with Gasteiger partial charge < -0.3 is 25.2 Å². The third-order valence-corrected chi connectivity index (χ3v) is 9.78. The summed E-state index contributed by atoms with van der Waals surface area (Å²) in [6.07, 6.45) is 13.2. The molecule has 0 saturated carbocycles. The predicted octanol–water partition coefficient (Wildman–Crippen LogP) is 5.04. The zero-order valence-electron chi connectivity index (χ0n) is 27.7. The van der Waals surface area contributed by atoms with E-state index < -0.39 is 15.5 Å². The van der Waals surface area contributed by atoms with E-state index in [4.69, 9.17) is 10.5 Å². The minimum absolute atomic E-state index is 0.00748. The van der Waals surface area contributed by atoms with Gasteiger partial charge in [-0.15, -0.1) is 0 Å². The summed E-state index contributed by atoms with van der Waals surface area (Å²) in [5.74, 6) is 0.00748. The number of anilines is 1. The van der Waals surface area contributed by atoms with Crippen LogP contribution >= 0.6 is 0 Å². The van der Waals surface area contributed by atoms with Crippen LogP contribution in [0.4, 0.5) is 11.4 Å². The van der Waals surface area contributed by atoms with Crippen molar-refractivity contribution in [1.29, 1.82) is 0 Å². The number of nitrogens with zero attached hydrogens (tertiary/aromatic N) is 2. The summed E-state index contributed by atoms with van der Waals surface area (Å²) in [4.78, 5) is 13.9. The van der Waals surface area contributed by atoms with Crippen molar-refractivity contribution >= 4 is 33.1 Å². The van der Waals surface area contributed by atoms with Crippen LogP contribution < -0.4 is 16.0 Å².